The first kappa shape index (κ1) is 12.7. The molecule has 0 unspecified atom stereocenters. The molecular weight excluding hydrogens is 232 g/mol. The van der Waals surface area contributed by atoms with Gasteiger partial charge in [-0.25, -0.2) is 4.98 Å². The molecule has 3 rings (SSSR count). The summed E-state index contributed by atoms with van der Waals surface area (Å²) in [6.07, 6.45) is 8.13. The molecule has 2 heteroatoms. The summed E-state index contributed by atoms with van der Waals surface area (Å²) < 4.78 is 0. The summed E-state index contributed by atoms with van der Waals surface area (Å²) in [6, 6.07) is 6.64. The van der Waals surface area contributed by atoms with Crippen LogP contribution in [0.4, 0.5) is 0 Å². The lowest BCUT2D eigenvalue weighted by atomic mass is 9.87. The summed E-state index contributed by atoms with van der Waals surface area (Å²) in [5, 5.41) is 0. The van der Waals surface area contributed by atoms with Crippen molar-refractivity contribution >= 4 is 11.0 Å². The molecule has 1 aliphatic carbocycles. The Kier molecular flexibility index (Phi) is 3.58. The first-order chi connectivity index (χ1) is 9.22. The Bertz CT molecular complexity index is 547. The maximum atomic E-state index is 4.79. The van der Waals surface area contributed by atoms with Crippen molar-refractivity contribution in [2.24, 2.45) is 5.92 Å². The highest BCUT2D eigenvalue weighted by atomic mass is 14.9. The molecule has 1 N–H and O–H groups in total. The van der Waals surface area contributed by atoms with Crippen molar-refractivity contribution in [3.8, 4) is 0 Å². The van der Waals surface area contributed by atoms with Gasteiger partial charge in [-0.3, -0.25) is 0 Å². The third kappa shape index (κ3) is 2.83. The summed E-state index contributed by atoms with van der Waals surface area (Å²) >= 11 is 0. The molecule has 0 saturated heterocycles. The molecule has 102 valence electrons. The lowest BCUT2D eigenvalue weighted by Crippen LogP contribution is -2.10. The van der Waals surface area contributed by atoms with Crippen molar-refractivity contribution in [3.05, 3.63) is 29.6 Å². The number of aromatic nitrogens is 2. The molecule has 0 atom stereocenters. The minimum Gasteiger partial charge on any atom is -0.342 e. The molecule has 1 aliphatic rings. The van der Waals surface area contributed by atoms with Crippen molar-refractivity contribution in [2.75, 3.05) is 0 Å². The molecular formula is C17H24N2. The number of hydrogen-bond donors (Lipinski definition) is 1. The molecule has 0 aliphatic heterocycles. The Morgan fingerprint density at radius 1 is 1.21 bits per heavy atom. The Labute approximate surface area is 115 Å². The molecule has 1 aromatic heterocycles. The number of rotatable bonds is 3. The van der Waals surface area contributed by atoms with Crippen LogP contribution < -0.4 is 0 Å². The molecule has 2 nitrogen and oxygen atoms in total. The number of nitrogens with one attached hydrogen (secondary N) is 1. The molecule has 0 spiro atoms. The second-order valence-corrected chi connectivity index (χ2v) is 6.32. The van der Waals surface area contributed by atoms with E-state index in [-0.39, 0.29) is 0 Å². The third-order valence-corrected chi connectivity index (χ3v) is 4.43. The van der Waals surface area contributed by atoms with Crippen LogP contribution in [0.25, 0.3) is 11.0 Å². The molecule has 1 fully saturated rings. The van der Waals surface area contributed by atoms with E-state index < -0.39 is 0 Å². The summed E-state index contributed by atoms with van der Waals surface area (Å²) in [5.74, 6) is 2.60. The maximum absolute atomic E-state index is 4.79. The van der Waals surface area contributed by atoms with Crippen LogP contribution >= 0.6 is 0 Å². The average molecular weight is 256 g/mol. The molecule has 0 bridgehead atoms. The van der Waals surface area contributed by atoms with Crippen LogP contribution in [-0.2, 0) is 6.42 Å². The lowest BCUT2D eigenvalue weighted by Gasteiger charge is -2.20. The van der Waals surface area contributed by atoms with E-state index in [1.807, 2.05) is 0 Å². The summed E-state index contributed by atoms with van der Waals surface area (Å²) in [7, 11) is 0. The zero-order valence-electron chi connectivity index (χ0n) is 12.1. The highest BCUT2D eigenvalue weighted by Crippen LogP contribution is 2.27. The Balaban J connectivity index is 1.80. The molecule has 1 heterocycles. The van der Waals surface area contributed by atoms with Gasteiger partial charge >= 0.3 is 0 Å². The van der Waals surface area contributed by atoms with Crippen LogP contribution in [0.2, 0.25) is 0 Å². The molecule has 2 aromatic rings. The number of imidazole rings is 1. The van der Waals surface area contributed by atoms with Gasteiger partial charge in [0.25, 0.3) is 0 Å². The van der Waals surface area contributed by atoms with Gasteiger partial charge in [0.15, 0.2) is 0 Å². The van der Waals surface area contributed by atoms with Gasteiger partial charge in [0.1, 0.15) is 5.82 Å². The summed E-state index contributed by atoms with van der Waals surface area (Å²) in [6.45, 7) is 4.47. The van der Waals surface area contributed by atoms with Crippen LogP contribution in [0.3, 0.4) is 0 Å². The fourth-order valence-corrected chi connectivity index (χ4v) is 3.20. The number of fused-ring (bicyclic) bond motifs is 1. The molecule has 1 saturated carbocycles. The van der Waals surface area contributed by atoms with E-state index in [4.69, 9.17) is 4.98 Å². The molecule has 0 radical (unpaired) electrons. The molecule has 19 heavy (non-hydrogen) atoms. The maximum Gasteiger partial charge on any atom is 0.107 e. The van der Waals surface area contributed by atoms with Crippen LogP contribution in [0.5, 0.6) is 0 Å². The minimum absolute atomic E-state index is 0.572. The number of H-pyrrole nitrogens is 1. The fraction of sp³-hybridized carbons (Fsp3) is 0.588. The van der Waals surface area contributed by atoms with Gasteiger partial charge in [-0.15, -0.1) is 0 Å². The van der Waals surface area contributed by atoms with Crippen molar-refractivity contribution in [3.63, 3.8) is 0 Å². The Morgan fingerprint density at radius 3 is 2.74 bits per heavy atom. The Morgan fingerprint density at radius 2 is 2.00 bits per heavy atom. The number of hydrogen-bond acceptors (Lipinski definition) is 1. The van der Waals surface area contributed by atoms with E-state index in [1.54, 1.807) is 0 Å². The van der Waals surface area contributed by atoms with E-state index in [0.29, 0.717) is 5.92 Å². The molecule has 1 aromatic carbocycles. The zero-order chi connectivity index (χ0) is 13.2. The smallest absolute Gasteiger partial charge is 0.107 e. The third-order valence-electron chi connectivity index (χ3n) is 4.43. The number of benzene rings is 1. The zero-order valence-corrected chi connectivity index (χ0v) is 12.1. The van der Waals surface area contributed by atoms with Gasteiger partial charge in [0.2, 0.25) is 0 Å². The summed E-state index contributed by atoms with van der Waals surface area (Å²) in [4.78, 5) is 8.29. The Hall–Kier alpha value is -1.31. The number of aromatic amines is 1. The van der Waals surface area contributed by atoms with Crippen molar-refractivity contribution in [1.82, 2.24) is 9.97 Å². The van der Waals surface area contributed by atoms with Gasteiger partial charge in [-0.2, -0.15) is 0 Å². The predicted molar refractivity (Wildman–Crippen MR) is 80.5 cm³/mol. The normalized spacial score (nSPS) is 17.4. The van der Waals surface area contributed by atoms with Gasteiger partial charge in [0.05, 0.1) is 11.0 Å². The quantitative estimate of drug-likeness (QED) is 0.838. The first-order valence-electron chi connectivity index (χ1n) is 7.71. The summed E-state index contributed by atoms with van der Waals surface area (Å²) in [5.41, 5.74) is 3.70. The van der Waals surface area contributed by atoms with E-state index in [0.717, 1.165) is 17.9 Å². The monoisotopic (exact) mass is 256 g/mol. The van der Waals surface area contributed by atoms with E-state index >= 15 is 0 Å². The van der Waals surface area contributed by atoms with Crippen LogP contribution in [0.15, 0.2) is 18.2 Å². The van der Waals surface area contributed by atoms with Crippen molar-refractivity contribution in [2.45, 2.75) is 58.3 Å². The second-order valence-electron chi connectivity index (χ2n) is 6.32. The van der Waals surface area contributed by atoms with Gasteiger partial charge in [-0.1, -0.05) is 52.0 Å². The van der Waals surface area contributed by atoms with Crippen molar-refractivity contribution in [1.29, 1.82) is 0 Å². The van der Waals surface area contributed by atoms with Gasteiger partial charge < -0.3 is 4.98 Å². The van der Waals surface area contributed by atoms with Crippen LogP contribution in [0, 0.1) is 5.92 Å². The van der Waals surface area contributed by atoms with E-state index in [1.165, 1.54) is 49.0 Å². The van der Waals surface area contributed by atoms with Crippen LogP contribution in [0.1, 0.15) is 63.3 Å². The van der Waals surface area contributed by atoms with Gasteiger partial charge in [0, 0.05) is 6.42 Å². The second kappa shape index (κ2) is 5.36. The van der Waals surface area contributed by atoms with E-state index in [2.05, 4.69) is 37.0 Å². The SMILES string of the molecule is CC(C)c1ccc2[nH]c(CC3CCCCC3)nc2c1. The standard InChI is InChI=1S/C17H24N2/c1-12(2)14-8-9-15-16(11-14)19-17(18-15)10-13-6-4-3-5-7-13/h8-9,11-13H,3-7,10H2,1-2H3,(H,18,19). The largest absolute Gasteiger partial charge is 0.342 e. The predicted octanol–water partition coefficient (Wildman–Crippen LogP) is 4.81. The highest BCUT2D eigenvalue weighted by Gasteiger charge is 2.16. The van der Waals surface area contributed by atoms with E-state index in [9.17, 15) is 0 Å². The van der Waals surface area contributed by atoms with Crippen molar-refractivity contribution < 1.29 is 0 Å². The number of nitrogens with zero attached hydrogens (tertiary/aromatic N) is 1. The fourth-order valence-electron chi connectivity index (χ4n) is 3.20. The topological polar surface area (TPSA) is 28.7 Å². The average Bonchev–Trinajstić information content (AvgIpc) is 2.80. The first-order valence-corrected chi connectivity index (χ1v) is 7.71. The minimum atomic E-state index is 0.572. The highest BCUT2D eigenvalue weighted by molar-refractivity contribution is 5.76. The lowest BCUT2D eigenvalue weighted by molar-refractivity contribution is 0.352. The molecule has 0 amide bonds. The van der Waals surface area contributed by atoms with Crippen LogP contribution in [-0.4, -0.2) is 9.97 Å². The van der Waals surface area contributed by atoms with Gasteiger partial charge in [-0.05, 0) is 29.5 Å².